The fourth-order valence-electron chi connectivity index (χ4n) is 1.56. The van der Waals surface area contributed by atoms with Crippen LogP contribution in [0.3, 0.4) is 0 Å². The lowest BCUT2D eigenvalue weighted by molar-refractivity contribution is -0.137. The van der Waals surface area contributed by atoms with Gasteiger partial charge in [0.05, 0.1) is 10.9 Å². The number of hydrogen-bond acceptors (Lipinski definition) is 3. The third kappa shape index (κ3) is 6.27. The third-order valence-electron chi connectivity index (χ3n) is 2.65. The number of carboxylic acids is 1. The molecule has 1 aromatic carbocycles. The van der Waals surface area contributed by atoms with E-state index in [0.29, 0.717) is 24.7 Å². The summed E-state index contributed by atoms with van der Waals surface area (Å²) in [6.07, 6.45) is 0.151. The fraction of sp³-hybridized carbons (Fsp3) is 0.462. The molecule has 0 unspecified atom stereocenters. The summed E-state index contributed by atoms with van der Waals surface area (Å²) in [5.74, 6) is -0.0431. The Morgan fingerprint density at radius 2 is 2.21 bits per heavy atom. The second kappa shape index (κ2) is 8.40. The predicted molar refractivity (Wildman–Crippen MR) is 79.0 cm³/mol. The van der Waals surface area contributed by atoms with Gasteiger partial charge in [0.15, 0.2) is 0 Å². The van der Waals surface area contributed by atoms with Crippen molar-refractivity contribution in [3.63, 3.8) is 0 Å². The van der Waals surface area contributed by atoms with E-state index in [4.69, 9.17) is 21.4 Å². The zero-order valence-electron chi connectivity index (χ0n) is 10.7. The van der Waals surface area contributed by atoms with Crippen LogP contribution in [0.2, 0.25) is 5.02 Å². The van der Waals surface area contributed by atoms with Crippen LogP contribution in [0.15, 0.2) is 22.7 Å². The van der Waals surface area contributed by atoms with E-state index in [-0.39, 0.29) is 6.42 Å². The van der Waals surface area contributed by atoms with Gasteiger partial charge in [-0.3, -0.25) is 9.69 Å². The molecule has 106 valence electrons. The molecule has 0 fully saturated rings. The van der Waals surface area contributed by atoms with E-state index < -0.39 is 5.97 Å². The molecule has 0 aliphatic heterocycles. The molecule has 0 spiro atoms. The molecular formula is C13H17BrClNO3. The minimum absolute atomic E-state index is 0.151. The first-order valence-electron chi connectivity index (χ1n) is 6.05. The summed E-state index contributed by atoms with van der Waals surface area (Å²) in [5, 5.41) is 9.30. The Hall–Kier alpha value is -0.780. The first kappa shape index (κ1) is 16.3. The maximum absolute atomic E-state index is 10.5. The van der Waals surface area contributed by atoms with Crippen LogP contribution in [-0.2, 0) is 4.79 Å². The zero-order chi connectivity index (χ0) is 14.3. The highest BCUT2D eigenvalue weighted by Gasteiger charge is 2.07. The molecule has 1 N–H and O–H groups in total. The second-order valence-electron chi connectivity index (χ2n) is 4.00. The van der Waals surface area contributed by atoms with E-state index in [1.165, 1.54) is 0 Å². The standard InChI is InChI=1S/C13H17BrClNO3/c1-2-16(6-5-13(17)18)7-8-19-12-4-3-10(15)9-11(12)14/h3-4,9H,2,5-8H2,1H3,(H,17,18). The van der Waals surface area contributed by atoms with Crippen molar-refractivity contribution in [3.05, 3.63) is 27.7 Å². The van der Waals surface area contributed by atoms with Gasteiger partial charge >= 0.3 is 5.97 Å². The second-order valence-corrected chi connectivity index (χ2v) is 5.29. The van der Waals surface area contributed by atoms with E-state index >= 15 is 0 Å². The van der Waals surface area contributed by atoms with Crippen molar-refractivity contribution >= 4 is 33.5 Å². The number of carboxylic acid groups (broad SMARTS) is 1. The van der Waals surface area contributed by atoms with Crippen LogP contribution in [0.1, 0.15) is 13.3 Å². The van der Waals surface area contributed by atoms with Gasteiger partial charge in [0.25, 0.3) is 0 Å². The van der Waals surface area contributed by atoms with E-state index in [9.17, 15) is 4.79 Å². The van der Waals surface area contributed by atoms with Crippen LogP contribution in [0.5, 0.6) is 5.75 Å². The molecular weight excluding hydrogens is 334 g/mol. The molecule has 1 rings (SSSR count). The topological polar surface area (TPSA) is 49.8 Å². The van der Waals surface area contributed by atoms with Crippen molar-refractivity contribution in [2.75, 3.05) is 26.2 Å². The SMILES string of the molecule is CCN(CCOc1ccc(Cl)cc1Br)CCC(=O)O. The minimum Gasteiger partial charge on any atom is -0.491 e. The predicted octanol–water partition coefficient (Wildman–Crippen LogP) is 3.28. The van der Waals surface area contributed by atoms with Gasteiger partial charge in [-0.1, -0.05) is 18.5 Å². The van der Waals surface area contributed by atoms with Crippen molar-refractivity contribution < 1.29 is 14.6 Å². The highest BCUT2D eigenvalue weighted by atomic mass is 79.9. The Morgan fingerprint density at radius 3 is 2.79 bits per heavy atom. The fourth-order valence-corrected chi connectivity index (χ4v) is 2.36. The molecule has 0 aliphatic rings. The van der Waals surface area contributed by atoms with Crippen LogP contribution in [-0.4, -0.2) is 42.2 Å². The number of likely N-dealkylation sites (N-methyl/N-ethyl adjacent to an activating group) is 1. The average Bonchev–Trinajstić information content (AvgIpc) is 2.35. The molecule has 0 saturated heterocycles. The summed E-state index contributed by atoms with van der Waals surface area (Å²) in [5.41, 5.74) is 0. The lowest BCUT2D eigenvalue weighted by Crippen LogP contribution is -2.30. The van der Waals surface area contributed by atoms with Crippen molar-refractivity contribution in [2.45, 2.75) is 13.3 Å². The molecule has 0 saturated carbocycles. The van der Waals surface area contributed by atoms with Crippen molar-refractivity contribution in [3.8, 4) is 5.75 Å². The Balaban J connectivity index is 2.37. The summed E-state index contributed by atoms with van der Waals surface area (Å²) < 4.78 is 6.45. The van der Waals surface area contributed by atoms with Crippen LogP contribution < -0.4 is 4.74 Å². The average molecular weight is 351 g/mol. The van der Waals surface area contributed by atoms with Crippen LogP contribution >= 0.6 is 27.5 Å². The highest BCUT2D eigenvalue weighted by Crippen LogP contribution is 2.27. The molecule has 0 bridgehead atoms. The number of ether oxygens (including phenoxy) is 1. The van der Waals surface area contributed by atoms with E-state index in [0.717, 1.165) is 16.8 Å². The molecule has 0 aliphatic carbocycles. The van der Waals surface area contributed by atoms with Crippen LogP contribution in [0.25, 0.3) is 0 Å². The number of rotatable bonds is 8. The molecule has 6 heteroatoms. The lowest BCUT2D eigenvalue weighted by Gasteiger charge is -2.19. The summed E-state index contributed by atoms with van der Waals surface area (Å²) >= 11 is 9.23. The van der Waals surface area contributed by atoms with E-state index in [1.54, 1.807) is 18.2 Å². The largest absolute Gasteiger partial charge is 0.491 e. The molecule has 0 radical (unpaired) electrons. The smallest absolute Gasteiger partial charge is 0.304 e. The summed E-state index contributed by atoms with van der Waals surface area (Å²) in [6.45, 7) is 4.54. The van der Waals surface area contributed by atoms with Crippen molar-refractivity contribution in [1.82, 2.24) is 4.90 Å². The maximum Gasteiger partial charge on any atom is 0.304 e. The van der Waals surface area contributed by atoms with Gasteiger partial charge in [0.1, 0.15) is 12.4 Å². The molecule has 0 aromatic heterocycles. The van der Waals surface area contributed by atoms with Crippen molar-refractivity contribution in [1.29, 1.82) is 0 Å². The number of benzene rings is 1. The lowest BCUT2D eigenvalue weighted by atomic mass is 10.3. The zero-order valence-corrected chi connectivity index (χ0v) is 13.1. The summed E-state index contributed by atoms with van der Waals surface area (Å²) in [7, 11) is 0. The van der Waals surface area contributed by atoms with Gasteiger partial charge < -0.3 is 9.84 Å². The highest BCUT2D eigenvalue weighted by molar-refractivity contribution is 9.10. The summed E-state index contributed by atoms with van der Waals surface area (Å²) in [4.78, 5) is 12.6. The number of halogens is 2. The van der Waals surface area contributed by atoms with Gasteiger partial charge in [0, 0.05) is 18.1 Å². The van der Waals surface area contributed by atoms with E-state index in [1.807, 2.05) is 11.8 Å². The van der Waals surface area contributed by atoms with E-state index in [2.05, 4.69) is 15.9 Å². The number of carbonyl (C=O) groups is 1. The number of nitrogens with zero attached hydrogens (tertiary/aromatic N) is 1. The number of aliphatic carboxylic acids is 1. The van der Waals surface area contributed by atoms with Crippen LogP contribution in [0, 0.1) is 0 Å². The van der Waals surface area contributed by atoms with Crippen molar-refractivity contribution in [2.24, 2.45) is 0 Å². The van der Waals surface area contributed by atoms with Gasteiger partial charge in [-0.15, -0.1) is 0 Å². The molecule has 0 atom stereocenters. The molecule has 4 nitrogen and oxygen atoms in total. The minimum atomic E-state index is -0.778. The summed E-state index contributed by atoms with van der Waals surface area (Å²) in [6, 6.07) is 5.35. The van der Waals surface area contributed by atoms with Crippen LogP contribution in [0.4, 0.5) is 0 Å². The van der Waals surface area contributed by atoms with Gasteiger partial charge in [-0.05, 0) is 40.7 Å². The Labute approximate surface area is 126 Å². The first-order valence-corrected chi connectivity index (χ1v) is 7.22. The third-order valence-corrected chi connectivity index (χ3v) is 3.50. The number of hydrogen-bond donors (Lipinski definition) is 1. The monoisotopic (exact) mass is 349 g/mol. The first-order chi connectivity index (χ1) is 9.02. The molecule has 0 heterocycles. The van der Waals surface area contributed by atoms with Gasteiger partial charge in [-0.2, -0.15) is 0 Å². The molecule has 19 heavy (non-hydrogen) atoms. The quantitative estimate of drug-likeness (QED) is 0.782. The van der Waals surface area contributed by atoms with Gasteiger partial charge in [0.2, 0.25) is 0 Å². The Bertz CT molecular complexity index is 428. The molecule has 1 aromatic rings. The van der Waals surface area contributed by atoms with Gasteiger partial charge in [-0.25, -0.2) is 0 Å². The maximum atomic E-state index is 10.5. The molecule has 0 amide bonds. The Kier molecular flexibility index (Phi) is 7.20. The Morgan fingerprint density at radius 1 is 1.47 bits per heavy atom. The normalized spacial score (nSPS) is 10.7.